The molecule has 0 radical (unpaired) electrons. The average Bonchev–Trinajstić information content (AvgIpc) is 2.95. The molecule has 2 aromatic heterocycles. The molecule has 0 aliphatic carbocycles. The second-order valence-electron chi connectivity index (χ2n) is 4.30. The Kier molecular flexibility index (Phi) is 2.48. The zero-order valence-corrected chi connectivity index (χ0v) is 10.1. The van der Waals surface area contributed by atoms with Gasteiger partial charge >= 0.3 is 0 Å². The Morgan fingerprint density at radius 3 is 2.89 bits per heavy atom. The normalized spacial score (nSPS) is 10.9. The van der Waals surface area contributed by atoms with E-state index in [-0.39, 0.29) is 0 Å². The molecule has 4 nitrogen and oxygen atoms in total. The van der Waals surface area contributed by atoms with Crippen LogP contribution in [0.5, 0.6) is 0 Å². The molecule has 4 heteroatoms. The van der Waals surface area contributed by atoms with Crippen LogP contribution in [0.2, 0.25) is 0 Å². The number of benzene rings is 1. The van der Waals surface area contributed by atoms with E-state index in [1.165, 1.54) is 0 Å². The Morgan fingerprint density at radius 2 is 2.17 bits per heavy atom. The Bertz CT molecular complexity index is 709. The molecule has 90 valence electrons. The quantitative estimate of drug-likeness (QED) is 0.657. The smallest absolute Gasteiger partial charge is 0.152 e. The molecule has 2 heterocycles. The van der Waals surface area contributed by atoms with Crippen molar-refractivity contribution in [1.29, 1.82) is 0 Å². The number of carbonyl (C=O) groups is 1. The molecule has 0 unspecified atom stereocenters. The highest BCUT2D eigenvalue weighted by molar-refractivity contribution is 5.97. The van der Waals surface area contributed by atoms with E-state index in [4.69, 9.17) is 0 Å². The number of fused-ring (bicyclic) bond motifs is 1. The van der Waals surface area contributed by atoms with Gasteiger partial charge in [-0.1, -0.05) is 18.2 Å². The predicted molar refractivity (Wildman–Crippen MR) is 69.6 cm³/mol. The van der Waals surface area contributed by atoms with E-state index >= 15 is 0 Å². The number of carbonyl (C=O) groups excluding carboxylic acids is 1. The van der Waals surface area contributed by atoms with Crippen molar-refractivity contribution < 1.29 is 4.79 Å². The number of aldehydes is 1. The first-order chi connectivity index (χ1) is 8.79. The molecule has 1 aromatic carbocycles. The first-order valence-corrected chi connectivity index (χ1v) is 5.79. The van der Waals surface area contributed by atoms with Crippen molar-refractivity contribution in [2.24, 2.45) is 7.05 Å². The molecule has 0 saturated carbocycles. The SMILES string of the molecule is Cn1ccnc1Cn1cc(C=O)c2ccccc21. The van der Waals surface area contributed by atoms with Crippen LogP contribution in [0.4, 0.5) is 0 Å². The molecule has 18 heavy (non-hydrogen) atoms. The highest BCUT2D eigenvalue weighted by Crippen LogP contribution is 2.20. The number of imidazole rings is 1. The maximum absolute atomic E-state index is 11.1. The van der Waals surface area contributed by atoms with Crippen molar-refractivity contribution >= 4 is 17.2 Å². The van der Waals surface area contributed by atoms with Crippen molar-refractivity contribution in [2.45, 2.75) is 6.54 Å². The molecule has 0 fully saturated rings. The number of aryl methyl sites for hydroxylation is 1. The zero-order valence-electron chi connectivity index (χ0n) is 10.1. The molecular formula is C14H13N3O. The van der Waals surface area contributed by atoms with Gasteiger partial charge < -0.3 is 9.13 Å². The third-order valence-corrected chi connectivity index (χ3v) is 3.18. The lowest BCUT2D eigenvalue weighted by Gasteiger charge is -2.05. The monoisotopic (exact) mass is 239 g/mol. The van der Waals surface area contributed by atoms with Crippen LogP contribution < -0.4 is 0 Å². The van der Waals surface area contributed by atoms with Crippen LogP contribution in [0.3, 0.4) is 0 Å². The number of hydrogen-bond donors (Lipinski definition) is 0. The summed E-state index contributed by atoms with van der Waals surface area (Å²) >= 11 is 0. The van der Waals surface area contributed by atoms with Gasteiger partial charge in [0, 0.05) is 42.1 Å². The summed E-state index contributed by atoms with van der Waals surface area (Å²) in [5.74, 6) is 0.966. The summed E-state index contributed by atoms with van der Waals surface area (Å²) in [6, 6.07) is 7.91. The molecule has 0 saturated heterocycles. The fourth-order valence-corrected chi connectivity index (χ4v) is 2.20. The second kappa shape index (κ2) is 4.14. The van der Waals surface area contributed by atoms with Gasteiger partial charge in [-0.2, -0.15) is 0 Å². The molecule has 0 bridgehead atoms. The van der Waals surface area contributed by atoms with Crippen LogP contribution in [0.1, 0.15) is 16.2 Å². The van der Waals surface area contributed by atoms with Crippen LogP contribution in [-0.4, -0.2) is 20.4 Å². The largest absolute Gasteiger partial charge is 0.339 e. The highest BCUT2D eigenvalue weighted by Gasteiger charge is 2.09. The first-order valence-electron chi connectivity index (χ1n) is 5.79. The number of rotatable bonds is 3. The molecule has 0 aliphatic heterocycles. The van der Waals surface area contributed by atoms with E-state index in [0.717, 1.165) is 28.6 Å². The Hall–Kier alpha value is -2.36. The Balaban J connectivity index is 2.12. The number of nitrogens with zero attached hydrogens (tertiary/aromatic N) is 3. The minimum atomic E-state index is 0.665. The van der Waals surface area contributed by atoms with Gasteiger partial charge in [-0.3, -0.25) is 4.79 Å². The van der Waals surface area contributed by atoms with Crippen LogP contribution in [-0.2, 0) is 13.6 Å². The van der Waals surface area contributed by atoms with E-state index in [2.05, 4.69) is 9.55 Å². The standard InChI is InChI=1S/C14H13N3O/c1-16-7-6-15-14(16)9-17-8-11(10-18)12-4-2-3-5-13(12)17/h2-8,10H,9H2,1H3. The zero-order chi connectivity index (χ0) is 12.5. The fourth-order valence-electron chi connectivity index (χ4n) is 2.20. The first kappa shape index (κ1) is 10.8. The molecule has 0 atom stereocenters. The minimum absolute atomic E-state index is 0.665. The van der Waals surface area contributed by atoms with E-state index in [1.807, 2.05) is 48.3 Å². The summed E-state index contributed by atoms with van der Waals surface area (Å²) in [6.07, 6.45) is 6.48. The van der Waals surface area contributed by atoms with Crippen LogP contribution in [0.15, 0.2) is 42.9 Å². The van der Waals surface area contributed by atoms with Gasteiger partial charge in [-0.25, -0.2) is 4.98 Å². The van der Waals surface area contributed by atoms with Gasteiger partial charge in [0.15, 0.2) is 6.29 Å². The molecule has 3 rings (SSSR count). The Labute approximate surface area is 104 Å². The van der Waals surface area contributed by atoms with Crippen LogP contribution in [0.25, 0.3) is 10.9 Å². The van der Waals surface area contributed by atoms with Crippen molar-refractivity contribution in [3.63, 3.8) is 0 Å². The van der Waals surface area contributed by atoms with Crippen molar-refractivity contribution in [2.75, 3.05) is 0 Å². The number of aromatic nitrogens is 3. The lowest BCUT2D eigenvalue weighted by molar-refractivity contribution is 0.112. The molecule has 0 N–H and O–H groups in total. The van der Waals surface area contributed by atoms with E-state index < -0.39 is 0 Å². The minimum Gasteiger partial charge on any atom is -0.339 e. The molecule has 3 aromatic rings. The van der Waals surface area contributed by atoms with E-state index in [1.54, 1.807) is 6.20 Å². The topological polar surface area (TPSA) is 39.8 Å². The third kappa shape index (κ3) is 1.62. The highest BCUT2D eigenvalue weighted by atomic mass is 16.1. The average molecular weight is 239 g/mol. The van der Waals surface area contributed by atoms with Crippen LogP contribution in [0, 0.1) is 0 Å². The summed E-state index contributed by atoms with van der Waals surface area (Å²) in [7, 11) is 1.97. The summed E-state index contributed by atoms with van der Waals surface area (Å²) in [5, 5.41) is 0.988. The second-order valence-corrected chi connectivity index (χ2v) is 4.30. The van der Waals surface area contributed by atoms with Gasteiger partial charge in [0.1, 0.15) is 5.82 Å². The molecule has 0 spiro atoms. The number of hydrogen-bond acceptors (Lipinski definition) is 2. The molecule has 0 amide bonds. The molecule has 0 aliphatic rings. The van der Waals surface area contributed by atoms with Gasteiger partial charge in [-0.05, 0) is 6.07 Å². The third-order valence-electron chi connectivity index (χ3n) is 3.18. The Morgan fingerprint density at radius 1 is 1.33 bits per heavy atom. The molecular weight excluding hydrogens is 226 g/mol. The van der Waals surface area contributed by atoms with E-state index in [9.17, 15) is 4.79 Å². The lowest BCUT2D eigenvalue weighted by atomic mass is 10.2. The summed E-state index contributed by atoms with van der Waals surface area (Å²) in [6.45, 7) is 0.665. The summed E-state index contributed by atoms with van der Waals surface area (Å²) in [4.78, 5) is 15.4. The summed E-state index contributed by atoms with van der Waals surface area (Å²) in [5.41, 5.74) is 1.78. The van der Waals surface area contributed by atoms with Crippen molar-refractivity contribution in [3.05, 3.63) is 54.2 Å². The summed E-state index contributed by atoms with van der Waals surface area (Å²) < 4.78 is 4.04. The van der Waals surface area contributed by atoms with Crippen molar-refractivity contribution in [3.8, 4) is 0 Å². The maximum atomic E-state index is 11.1. The predicted octanol–water partition coefficient (Wildman–Crippen LogP) is 2.24. The van der Waals surface area contributed by atoms with Gasteiger partial charge in [0.05, 0.1) is 6.54 Å². The van der Waals surface area contributed by atoms with Gasteiger partial charge in [-0.15, -0.1) is 0 Å². The lowest BCUT2D eigenvalue weighted by Crippen LogP contribution is -2.04. The fraction of sp³-hybridized carbons (Fsp3) is 0.143. The van der Waals surface area contributed by atoms with Crippen molar-refractivity contribution in [1.82, 2.24) is 14.1 Å². The van der Waals surface area contributed by atoms with Gasteiger partial charge in [0.25, 0.3) is 0 Å². The number of para-hydroxylation sites is 1. The van der Waals surface area contributed by atoms with Gasteiger partial charge in [0.2, 0.25) is 0 Å². The maximum Gasteiger partial charge on any atom is 0.152 e. The van der Waals surface area contributed by atoms with E-state index in [0.29, 0.717) is 6.54 Å². The van der Waals surface area contributed by atoms with Crippen LogP contribution >= 0.6 is 0 Å².